The minimum Gasteiger partial charge on any atom is -0.481 e. The van der Waals surface area contributed by atoms with E-state index >= 15 is 0 Å². The van der Waals surface area contributed by atoms with Crippen molar-refractivity contribution in [2.24, 2.45) is 23.7 Å². The Bertz CT molecular complexity index is 570. The van der Waals surface area contributed by atoms with Gasteiger partial charge in [-0.15, -0.1) is 0 Å². The summed E-state index contributed by atoms with van der Waals surface area (Å²) in [5.41, 5.74) is 0. The van der Waals surface area contributed by atoms with Crippen LogP contribution in [-0.4, -0.2) is 59.7 Å². The number of nitrogens with zero attached hydrogens (tertiary/aromatic N) is 1. The van der Waals surface area contributed by atoms with Crippen molar-refractivity contribution in [3.63, 3.8) is 0 Å². The van der Waals surface area contributed by atoms with Crippen molar-refractivity contribution in [3.8, 4) is 0 Å². The molecule has 30 heavy (non-hydrogen) atoms. The van der Waals surface area contributed by atoms with Crippen molar-refractivity contribution < 1.29 is 44.3 Å². The number of carbonyl (C=O) groups is 2. The summed E-state index contributed by atoms with van der Waals surface area (Å²) in [5.74, 6) is -3.33. The van der Waals surface area contributed by atoms with Gasteiger partial charge in [0, 0.05) is 24.2 Å². The third-order valence-corrected chi connectivity index (χ3v) is 6.08. The molecule has 2 N–H and O–H groups in total. The first-order chi connectivity index (χ1) is 14.4. The van der Waals surface area contributed by atoms with Gasteiger partial charge in [-0.1, -0.05) is 12.8 Å². The molecule has 0 aromatic carbocycles. The normalized spacial score (nSPS) is 29.3. The molecule has 0 bridgehead atoms. The van der Waals surface area contributed by atoms with Gasteiger partial charge >= 0.3 is 11.9 Å². The van der Waals surface area contributed by atoms with E-state index in [0.29, 0.717) is 13.0 Å². The molecule has 0 aliphatic heterocycles. The van der Waals surface area contributed by atoms with Crippen molar-refractivity contribution in [3.05, 3.63) is 10.1 Å². The molecular weight excluding hydrogens is 402 g/mol. The van der Waals surface area contributed by atoms with Crippen LogP contribution in [0.1, 0.15) is 51.4 Å². The molecule has 0 heterocycles. The first-order valence-corrected chi connectivity index (χ1v) is 10.5. The molecule has 172 valence electrons. The van der Waals surface area contributed by atoms with Crippen molar-refractivity contribution in [1.29, 1.82) is 0 Å². The molecule has 0 spiro atoms. The summed E-state index contributed by atoms with van der Waals surface area (Å²) in [6, 6.07) is -0.937. The molecule has 2 saturated carbocycles. The van der Waals surface area contributed by atoms with Gasteiger partial charge in [0.1, 0.15) is 0 Å². The second-order valence-corrected chi connectivity index (χ2v) is 8.03. The Morgan fingerprint density at radius 1 is 0.967 bits per heavy atom. The second-order valence-electron chi connectivity index (χ2n) is 8.03. The zero-order valence-electron chi connectivity index (χ0n) is 17.0. The Hall–Kier alpha value is -1.82. The third kappa shape index (κ3) is 7.46. The van der Waals surface area contributed by atoms with Gasteiger partial charge in [0.2, 0.25) is 6.04 Å². The largest absolute Gasteiger partial charge is 0.481 e. The quantitative estimate of drug-likeness (QED) is 0.154. The Morgan fingerprint density at radius 3 is 2.30 bits per heavy atom. The maximum Gasteiger partial charge on any atom is 0.309 e. The SMILES string of the molecule is O=C(O)C1CC([N+](=O)[O-])CCC1C(=O)OCCCOOCC1CCCCC1COO. The number of carboxylic acid groups (broad SMARTS) is 1. The van der Waals surface area contributed by atoms with Crippen LogP contribution in [0.5, 0.6) is 0 Å². The summed E-state index contributed by atoms with van der Waals surface area (Å²) in [6.45, 7) is 0.935. The minimum atomic E-state index is -1.21. The van der Waals surface area contributed by atoms with Crippen molar-refractivity contribution in [2.45, 2.75) is 57.4 Å². The van der Waals surface area contributed by atoms with Crippen LogP contribution in [0.25, 0.3) is 0 Å². The van der Waals surface area contributed by atoms with Gasteiger partial charge in [-0.2, -0.15) is 0 Å². The molecule has 11 heteroatoms. The van der Waals surface area contributed by atoms with E-state index in [1.165, 1.54) is 0 Å². The summed E-state index contributed by atoms with van der Waals surface area (Å²) >= 11 is 0. The Labute approximate surface area is 174 Å². The van der Waals surface area contributed by atoms with Crippen molar-refractivity contribution in [2.75, 3.05) is 26.4 Å². The van der Waals surface area contributed by atoms with Crippen molar-refractivity contribution in [1.82, 2.24) is 0 Å². The summed E-state index contributed by atoms with van der Waals surface area (Å²) in [4.78, 5) is 48.7. The number of hydrogen-bond donors (Lipinski definition) is 2. The number of ether oxygens (including phenoxy) is 1. The molecule has 2 rings (SSSR count). The van der Waals surface area contributed by atoms with Crippen LogP contribution in [0.2, 0.25) is 0 Å². The van der Waals surface area contributed by atoms with E-state index in [-0.39, 0.29) is 50.9 Å². The lowest BCUT2D eigenvalue weighted by atomic mass is 9.77. The fourth-order valence-electron chi connectivity index (χ4n) is 4.31. The molecule has 2 aliphatic carbocycles. The van der Waals surface area contributed by atoms with E-state index in [1.807, 2.05) is 0 Å². The van der Waals surface area contributed by atoms with Crippen LogP contribution >= 0.6 is 0 Å². The number of nitro groups is 1. The molecule has 2 aliphatic rings. The number of carbonyl (C=O) groups excluding carboxylic acids is 1. The highest BCUT2D eigenvalue weighted by Gasteiger charge is 2.44. The topological polar surface area (TPSA) is 155 Å². The molecule has 0 saturated heterocycles. The van der Waals surface area contributed by atoms with Gasteiger partial charge in [0.25, 0.3) is 0 Å². The molecule has 5 unspecified atom stereocenters. The van der Waals surface area contributed by atoms with Gasteiger partial charge in [-0.05, 0) is 31.1 Å². The number of hydrogen-bond acceptors (Lipinski definition) is 9. The average Bonchev–Trinajstić information content (AvgIpc) is 2.73. The molecule has 0 amide bonds. The smallest absolute Gasteiger partial charge is 0.309 e. The maximum absolute atomic E-state index is 12.2. The van der Waals surface area contributed by atoms with Crippen molar-refractivity contribution >= 4 is 11.9 Å². The first-order valence-electron chi connectivity index (χ1n) is 10.5. The summed E-state index contributed by atoms with van der Waals surface area (Å²) in [7, 11) is 0. The van der Waals surface area contributed by atoms with E-state index in [0.717, 1.165) is 25.7 Å². The lowest BCUT2D eigenvalue weighted by molar-refractivity contribution is -0.528. The maximum atomic E-state index is 12.2. The fraction of sp³-hybridized carbons (Fsp3) is 0.895. The lowest BCUT2D eigenvalue weighted by Crippen LogP contribution is -2.40. The Kier molecular flexibility index (Phi) is 10.4. The van der Waals surface area contributed by atoms with Gasteiger partial charge in [-0.25, -0.2) is 14.7 Å². The number of carboxylic acids is 1. The van der Waals surface area contributed by atoms with Gasteiger partial charge < -0.3 is 9.84 Å². The van der Waals surface area contributed by atoms with Crippen LogP contribution in [0.15, 0.2) is 0 Å². The zero-order chi connectivity index (χ0) is 21.9. The lowest BCUT2D eigenvalue weighted by Gasteiger charge is -2.29. The van der Waals surface area contributed by atoms with Crippen LogP contribution in [0, 0.1) is 33.8 Å². The van der Waals surface area contributed by atoms with Gasteiger partial charge in [0.05, 0.1) is 38.3 Å². The molecule has 5 atom stereocenters. The summed E-state index contributed by atoms with van der Waals surface area (Å²) < 4.78 is 5.15. The Balaban J connectivity index is 1.61. The van der Waals surface area contributed by atoms with Gasteiger partial charge in [-0.3, -0.25) is 25.0 Å². The number of esters is 1. The van der Waals surface area contributed by atoms with E-state index in [2.05, 4.69) is 4.89 Å². The molecule has 2 fully saturated rings. The third-order valence-electron chi connectivity index (χ3n) is 6.08. The van der Waals surface area contributed by atoms with Gasteiger partial charge in [0.15, 0.2) is 0 Å². The second kappa shape index (κ2) is 12.8. The highest BCUT2D eigenvalue weighted by molar-refractivity contribution is 5.81. The average molecular weight is 433 g/mol. The molecule has 0 radical (unpaired) electrons. The predicted molar refractivity (Wildman–Crippen MR) is 101 cm³/mol. The molecule has 0 aromatic rings. The van der Waals surface area contributed by atoms with Crippen LogP contribution in [0.3, 0.4) is 0 Å². The monoisotopic (exact) mass is 433 g/mol. The fourth-order valence-corrected chi connectivity index (χ4v) is 4.31. The van der Waals surface area contributed by atoms with E-state index in [1.54, 1.807) is 0 Å². The highest BCUT2D eigenvalue weighted by Crippen LogP contribution is 2.33. The number of rotatable bonds is 12. The Morgan fingerprint density at radius 2 is 1.67 bits per heavy atom. The molecular formula is C19H31NO10. The van der Waals surface area contributed by atoms with E-state index < -0.39 is 34.7 Å². The number of aliphatic carboxylic acids is 1. The standard InChI is InChI=1S/C19H31NO10/c21-18(22)17-10-15(20(24)25)6-7-16(17)19(23)27-8-3-9-29-30-12-14-5-2-1-4-13(14)11-28-26/h13-17,26H,1-12H2,(H,21,22). The van der Waals surface area contributed by atoms with E-state index in [9.17, 15) is 24.8 Å². The van der Waals surface area contributed by atoms with E-state index in [4.69, 9.17) is 19.8 Å². The summed E-state index contributed by atoms with van der Waals surface area (Å²) in [6.07, 6.45) is 4.67. The van der Waals surface area contributed by atoms with Crippen LogP contribution in [0.4, 0.5) is 0 Å². The van der Waals surface area contributed by atoms with Crippen LogP contribution < -0.4 is 0 Å². The zero-order valence-corrected chi connectivity index (χ0v) is 17.0. The predicted octanol–water partition coefficient (Wildman–Crippen LogP) is 2.31. The first kappa shape index (κ1) is 24.4. The van der Waals surface area contributed by atoms with Crippen LogP contribution in [-0.2, 0) is 29.0 Å². The molecule has 11 nitrogen and oxygen atoms in total. The highest BCUT2D eigenvalue weighted by atomic mass is 17.2. The summed E-state index contributed by atoms with van der Waals surface area (Å²) in [5, 5.41) is 28.9. The minimum absolute atomic E-state index is 0.0497. The molecule has 0 aromatic heterocycles.